The quantitative estimate of drug-likeness (QED) is 0.821. The van der Waals surface area contributed by atoms with Crippen molar-refractivity contribution >= 4 is 17.7 Å². The van der Waals surface area contributed by atoms with Gasteiger partial charge in [-0.2, -0.15) is 0 Å². The van der Waals surface area contributed by atoms with Crippen LogP contribution in [0.1, 0.15) is 16.4 Å². The standard InChI is InChI=1S/C20H23F2N3OS/c1-24-10-12-25(13-11-24)23-19(26)14-27-20(15-2-6-17(21)7-3-15)16-4-8-18(22)9-5-16/h2-9,20H,10-14H2,1H3,(H,23,26). The van der Waals surface area contributed by atoms with Gasteiger partial charge >= 0.3 is 0 Å². The maximum absolute atomic E-state index is 13.3. The fourth-order valence-corrected chi connectivity index (χ4v) is 4.03. The molecule has 1 aliphatic heterocycles. The molecule has 144 valence electrons. The zero-order chi connectivity index (χ0) is 19.2. The SMILES string of the molecule is CN1CCN(NC(=O)CSC(c2ccc(F)cc2)c2ccc(F)cc2)CC1. The summed E-state index contributed by atoms with van der Waals surface area (Å²) in [7, 11) is 2.06. The molecule has 7 heteroatoms. The fourth-order valence-electron chi connectivity index (χ4n) is 2.95. The lowest BCUT2D eigenvalue weighted by molar-refractivity contribution is -0.124. The topological polar surface area (TPSA) is 35.6 Å². The van der Waals surface area contributed by atoms with Crippen molar-refractivity contribution in [3.8, 4) is 0 Å². The smallest absolute Gasteiger partial charge is 0.244 e. The van der Waals surface area contributed by atoms with E-state index in [1.54, 1.807) is 24.3 Å². The first-order valence-electron chi connectivity index (χ1n) is 8.87. The van der Waals surface area contributed by atoms with E-state index in [-0.39, 0.29) is 28.5 Å². The Kier molecular flexibility index (Phi) is 6.82. The number of amides is 1. The summed E-state index contributed by atoms with van der Waals surface area (Å²) in [6.07, 6.45) is 0. The molecule has 0 bridgehead atoms. The van der Waals surface area contributed by atoms with Crippen LogP contribution in [0.15, 0.2) is 48.5 Å². The van der Waals surface area contributed by atoms with E-state index in [0.29, 0.717) is 0 Å². The number of nitrogens with one attached hydrogen (secondary N) is 1. The molecule has 4 nitrogen and oxygen atoms in total. The number of hydrogen-bond donors (Lipinski definition) is 1. The minimum Gasteiger partial charge on any atom is -0.304 e. The molecule has 0 atom stereocenters. The third-order valence-corrected chi connectivity index (χ3v) is 5.82. The lowest BCUT2D eigenvalue weighted by Gasteiger charge is -2.32. The third kappa shape index (κ3) is 5.76. The minimum atomic E-state index is -0.311. The first kappa shape index (κ1) is 19.8. The van der Waals surface area contributed by atoms with Crippen molar-refractivity contribution in [2.75, 3.05) is 39.0 Å². The molecule has 1 N–H and O–H groups in total. The number of likely N-dealkylation sites (N-methyl/N-ethyl adjacent to an activating group) is 1. The lowest BCUT2D eigenvalue weighted by atomic mass is 10.0. The van der Waals surface area contributed by atoms with E-state index in [1.807, 2.05) is 5.01 Å². The van der Waals surface area contributed by atoms with Gasteiger partial charge in [0.2, 0.25) is 5.91 Å². The van der Waals surface area contributed by atoms with Gasteiger partial charge in [0.05, 0.1) is 11.0 Å². The molecular weight excluding hydrogens is 368 g/mol. The summed E-state index contributed by atoms with van der Waals surface area (Å²) in [6, 6.07) is 12.4. The molecule has 0 unspecified atom stereocenters. The van der Waals surface area contributed by atoms with Crippen LogP contribution in [0.4, 0.5) is 8.78 Å². The van der Waals surface area contributed by atoms with E-state index in [9.17, 15) is 13.6 Å². The number of piperazine rings is 1. The summed E-state index contributed by atoms with van der Waals surface area (Å²) in [5, 5.41) is 1.76. The van der Waals surface area contributed by atoms with E-state index in [2.05, 4.69) is 17.4 Å². The molecule has 2 aromatic rings. The molecule has 27 heavy (non-hydrogen) atoms. The van der Waals surface area contributed by atoms with Crippen LogP contribution in [-0.4, -0.2) is 54.8 Å². The molecule has 2 aromatic carbocycles. The van der Waals surface area contributed by atoms with Crippen LogP contribution in [0.25, 0.3) is 0 Å². The first-order valence-corrected chi connectivity index (χ1v) is 9.91. The number of thioether (sulfide) groups is 1. The van der Waals surface area contributed by atoms with Gasteiger partial charge in [-0.05, 0) is 42.4 Å². The highest BCUT2D eigenvalue weighted by Gasteiger charge is 2.19. The van der Waals surface area contributed by atoms with Crippen LogP contribution in [-0.2, 0) is 4.79 Å². The summed E-state index contributed by atoms with van der Waals surface area (Å²) in [4.78, 5) is 14.6. The fraction of sp³-hybridized carbons (Fsp3) is 0.350. The van der Waals surface area contributed by atoms with Crippen molar-refractivity contribution in [2.45, 2.75) is 5.25 Å². The number of halogens is 2. The number of carbonyl (C=O) groups excluding carboxylic acids is 1. The van der Waals surface area contributed by atoms with Crippen molar-refractivity contribution in [1.29, 1.82) is 0 Å². The van der Waals surface area contributed by atoms with Gasteiger partial charge in [-0.1, -0.05) is 24.3 Å². The number of hydrazine groups is 1. The largest absolute Gasteiger partial charge is 0.304 e. The zero-order valence-corrected chi connectivity index (χ0v) is 16.0. The van der Waals surface area contributed by atoms with E-state index >= 15 is 0 Å². The summed E-state index contributed by atoms with van der Waals surface area (Å²) in [6.45, 7) is 3.43. The van der Waals surface area contributed by atoms with Gasteiger partial charge < -0.3 is 4.90 Å². The van der Waals surface area contributed by atoms with Crippen molar-refractivity contribution in [3.63, 3.8) is 0 Å². The van der Waals surface area contributed by atoms with Crippen LogP contribution >= 0.6 is 11.8 Å². The highest BCUT2D eigenvalue weighted by Crippen LogP contribution is 2.35. The monoisotopic (exact) mass is 391 g/mol. The molecule has 0 aromatic heterocycles. The number of benzene rings is 2. The van der Waals surface area contributed by atoms with E-state index in [1.165, 1.54) is 36.0 Å². The van der Waals surface area contributed by atoms with Crippen molar-refractivity contribution in [1.82, 2.24) is 15.3 Å². The van der Waals surface area contributed by atoms with Crippen molar-refractivity contribution in [3.05, 3.63) is 71.3 Å². The Labute approximate surface area is 162 Å². The average molecular weight is 391 g/mol. The van der Waals surface area contributed by atoms with Gasteiger partial charge in [-0.15, -0.1) is 11.8 Å². The Morgan fingerprint density at radius 1 is 0.963 bits per heavy atom. The number of hydrogen-bond acceptors (Lipinski definition) is 4. The van der Waals surface area contributed by atoms with Crippen molar-refractivity contribution in [2.24, 2.45) is 0 Å². The van der Waals surface area contributed by atoms with Crippen molar-refractivity contribution < 1.29 is 13.6 Å². The predicted molar refractivity (Wildman–Crippen MR) is 104 cm³/mol. The summed E-state index contributed by atoms with van der Waals surface area (Å²) >= 11 is 1.44. The van der Waals surface area contributed by atoms with Crippen LogP contribution < -0.4 is 5.43 Å². The van der Waals surface area contributed by atoms with Crippen LogP contribution in [0, 0.1) is 11.6 Å². The maximum Gasteiger partial charge on any atom is 0.244 e. The van der Waals surface area contributed by atoms with Gasteiger partial charge in [0, 0.05) is 26.2 Å². The Bertz CT molecular complexity index is 701. The molecule has 1 saturated heterocycles. The Hall–Kier alpha value is -1.96. The lowest BCUT2D eigenvalue weighted by Crippen LogP contribution is -2.52. The van der Waals surface area contributed by atoms with Gasteiger partial charge in [-0.3, -0.25) is 10.2 Å². The molecule has 0 saturated carbocycles. The van der Waals surface area contributed by atoms with E-state index in [0.717, 1.165) is 37.3 Å². The molecule has 0 spiro atoms. The maximum atomic E-state index is 13.3. The predicted octanol–water partition coefficient (Wildman–Crippen LogP) is 3.07. The number of carbonyl (C=O) groups is 1. The summed E-state index contributed by atoms with van der Waals surface area (Å²) in [5.41, 5.74) is 4.69. The molecule has 0 aliphatic carbocycles. The average Bonchev–Trinajstić information content (AvgIpc) is 2.66. The van der Waals surface area contributed by atoms with Gasteiger partial charge in [0.15, 0.2) is 0 Å². The van der Waals surface area contributed by atoms with Crippen LogP contribution in [0.2, 0.25) is 0 Å². The first-order chi connectivity index (χ1) is 13.0. The molecular formula is C20H23F2N3OS. The molecule has 1 fully saturated rings. The van der Waals surface area contributed by atoms with Gasteiger partial charge in [0.25, 0.3) is 0 Å². The summed E-state index contributed by atoms with van der Waals surface area (Å²) in [5.74, 6) is -0.436. The highest BCUT2D eigenvalue weighted by molar-refractivity contribution is 8.00. The highest BCUT2D eigenvalue weighted by atomic mass is 32.2. The zero-order valence-electron chi connectivity index (χ0n) is 15.2. The Morgan fingerprint density at radius 2 is 1.44 bits per heavy atom. The second-order valence-corrected chi connectivity index (χ2v) is 7.71. The molecule has 1 aliphatic rings. The molecule has 0 radical (unpaired) electrons. The molecule has 1 heterocycles. The molecule has 3 rings (SSSR count). The van der Waals surface area contributed by atoms with Crippen LogP contribution in [0.5, 0.6) is 0 Å². The Morgan fingerprint density at radius 3 is 1.93 bits per heavy atom. The summed E-state index contributed by atoms with van der Waals surface area (Å²) < 4.78 is 26.6. The van der Waals surface area contributed by atoms with E-state index in [4.69, 9.17) is 0 Å². The van der Waals surface area contributed by atoms with E-state index < -0.39 is 0 Å². The van der Waals surface area contributed by atoms with Gasteiger partial charge in [0.1, 0.15) is 11.6 Å². The third-order valence-electron chi connectivity index (χ3n) is 4.51. The molecule has 1 amide bonds. The second-order valence-electron chi connectivity index (χ2n) is 6.62. The number of rotatable bonds is 6. The normalized spacial score (nSPS) is 15.9. The minimum absolute atomic E-state index is 0.0706. The van der Waals surface area contributed by atoms with Crippen LogP contribution in [0.3, 0.4) is 0 Å². The second kappa shape index (κ2) is 9.30. The van der Waals surface area contributed by atoms with Gasteiger partial charge in [-0.25, -0.2) is 13.8 Å². The Balaban J connectivity index is 1.65. The number of nitrogens with zero attached hydrogens (tertiary/aromatic N) is 2.